The highest BCUT2D eigenvalue weighted by molar-refractivity contribution is 9.09. The van der Waals surface area contributed by atoms with Crippen molar-refractivity contribution in [3.63, 3.8) is 0 Å². The molecule has 1 aromatic carbocycles. The monoisotopic (exact) mass is 297 g/mol. The molecular formula is C14H20BrNO. The molecule has 0 saturated carbocycles. The molecule has 1 rings (SSSR count). The zero-order chi connectivity index (χ0) is 12.9. The topological polar surface area (TPSA) is 29.1 Å². The highest BCUT2D eigenvalue weighted by atomic mass is 79.9. The molecule has 0 fully saturated rings. The average molecular weight is 298 g/mol. The fourth-order valence-electron chi connectivity index (χ4n) is 1.63. The molecular weight excluding hydrogens is 278 g/mol. The van der Waals surface area contributed by atoms with Crippen LogP contribution in [-0.2, 0) is 11.2 Å². The van der Waals surface area contributed by atoms with Gasteiger partial charge in [0.05, 0.1) is 0 Å². The zero-order valence-electron chi connectivity index (χ0n) is 10.7. The second-order valence-electron chi connectivity index (χ2n) is 5.42. The van der Waals surface area contributed by atoms with E-state index < -0.39 is 0 Å². The van der Waals surface area contributed by atoms with Crippen LogP contribution in [0.5, 0.6) is 0 Å². The van der Waals surface area contributed by atoms with Gasteiger partial charge in [0.1, 0.15) is 0 Å². The predicted molar refractivity (Wildman–Crippen MR) is 76.6 cm³/mol. The molecule has 1 amide bonds. The minimum atomic E-state index is 0.0467. The molecule has 0 saturated heterocycles. The maximum absolute atomic E-state index is 11.4. The number of hydrogen-bond donors (Lipinski definition) is 1. The number of rotatable bonds is 4. The molecule has 0 aliphatic carbocycles. The van der Waals surface area contributed by atoms with Gasteiger partial charge in [0.25, 0.3) is 0 Å². The van der Waals surface area contributed by atoms with E-state index in [0.717, 1.165) is 12.1 Å². The fraction of sp³-hybridized carbons (Fsp3) is 0.500. The van der Waals surface area contributed by atoms with Gasteiger partial charge in [-0.15, -0.1) is 0 Å². The lowest BCUT2D eigenvalue weighted by Crippen LogP contribution is -2.12. The van der Waals surface area contributed by atoms with E-state index in [1.807, 2.05) is 12.1 Å². The van der Waals surface area contributed by atoms with Crippen LogP contribution in [0.15, 0.2) is 24.3 Å². The van der Waals surface area contributed by atoms with Gasteiger partial charge in [0, 0.05) is 17.4 Å². The summed E-state index contributed by atoms with van der Waals surface area (Å²) in [5.41, 5.74) is 2.46. The molecule has 0 spiro atoms. The molecule has 0 heterocycles. The average Bonchev–Trinajstić information content (AvgIpc) is 2.19. The van der Waals surface area contributed by atoms with Crippen LogP contribution in [0.2, 0.25) is 0 Å². The summed E-state index contributed by atoms with van der Waals surface area (Å²) in [6, 6.07) is 8.09. The first-order valence-electron chi connectivity index (χ1n) is 5.85. The molecule has 0 aromatic heterocycles. The van der Waals surface area contributed by atoms with E-state index in [1.54, 1.807) is 0 Å². The number of carbonyl (C=O) groups is 1. The van der Waals surface area contributed by atoms with E-state index in [0.29, 0.717) is 17.2 Å². The highest BCUT2D eigenvalue weighted by Crippen LogP contribution is 2.21. The Morgan fingerprint density at radius 2 is 1.82 bits per heavy atom. The van der Waals surface area contributed by atoms with E-state index in [-0.39, 0.29) is 5.91 Å². The number of alkyl halides is 1. The Morgan fingerprint density at radius 1 is 1.24 bits per heavy atom. The number of carbonyl (C=O) groups excluding carboxylic acids is 1. The minimum Gasteiger partial charge on any atom is -0.326 e. The van der Waals surface area contributed by atoms with Crippen molar-refractivity contribution in [3.8, 4) is 0 Å². The Hall–Kier alpha value is -0.830. The van der Waals surface area contributed by atoms with Crippen molar-refractivity contribution in [1.82, 2.24) is 0 Å². The minimum absolute atomic E-state index is 0.0467. The molecule has 0 aliphatic heterocycles. The van der Waals surface area contributed by atoms with Gasteiger partial charge in [0.15, 0.2) is 0 Å². The predicted octanol–water partition coefficient (Wildman–Crippen LogP) is 4.00. The third-order valence-corrected chi connectivity index (χ3v) is 2.69. The third-order valence-electron chi connectivity index (χ3n) is 2.29. The van der Waals surface area contributed by atoms with Crippen molar-refractivity contribution in [1.29, 1.82) is 0 Å². The van der Waals surface area contributed by atoms with Gasteiger partial charge < -0.3 is 5.32 Å². The number of nitrogens with one attached hydrogen (secondary N) is 1. The lowest BCUT2D eigenvalue weighted by atomic mass is 9.88. The number of hydrogen-bond acceptors (Lipinski definition) is 1. The van der Waals surface area contributed by atoms with Crippen molar-refractivity contribution >= 4 is 27.5 Å². The van der Waals surface area contributed by atoms with Crippen LogP contribution in [0, 0.1) is 5.41 Å². The number of benzene rings is 1. The van der Waals surface area contributed by atoms with Crippen LogP contribution >= 0.6 is 15.9 Å². The molecule has 17 heavy (non-hydrogen) atoms. The van der Waals surface area contributed by atoms with Gasteiger partial charge in [-0.05, 0) is 29.5 Å². The number of amides is 1. The Labute approximate surface area is 112 Å². The van der Waals surface area contributed by atoms with Crippen LogP contribution in [0.25, 0.3) is 0 Å². The summed E-state index contributed by atoms with van der Waals surface area (Å²) in [5, 5.41) is 3.56. The quantitative estimate of drug-likeness (QED) is 0.836. The van der Waals surface area contributed by atoms with Crippen molar-refractivity contribution in [2.24, 2.45) is 5.41 Å². The Bertz CT molecular complexity index is 365. The van der Waals surface area contributed by atoms with Gasteiger partial charge in [-0.2, -0.15) is 0 Å². The standard InChI is InChI=1S/C14H20BrNO/c1-14(2,3)10-11-4-6-12(7-5-11)16-13(17)8-9-15/h4-7H,8-10H2,1-3H3,(H,16,17). The maximum Gasteiger partial charge on any atom is 0.225 e. The van der Waals surface area contributed by atoms with Crippen molar-refractivity contribution < 1.29 is 4.79 Å². The first kappa shape index (κ1) is 14.2. The van der Waals surface area contributed by atoms with Crippen LogP contribution in [0.3, 0.4) is 0 Å². The summed E-state index contributed by atoms with van der Waals surface area (Å²) in [5.74, 6) is 0.0467. The summed E-state index contributed by atoms with van der Waals surface area (Å²) in [7, 11) is 0. The largest absolute Gasteiger partial charge is 0.326 e. The van der Waals surface area contributed by atoms with Crippen LogP contribution in [-0.4, -0.2) is 11.2 Å². The summed E-state index contributed by atoms with van der Waals surface area (Å²) in [6.07, 6.45) is 1.55. The second-order valence-corrected chi connectivity index (χ2v) is 6.21. The van der Waals surface area contributed by atoms with Gasteiger partial charge >= 0.3 is 0 Å². The molecule has 0 radical (unpaired) electrons. The van der Waals surface area contributed by atoms with E-state index in [1.165, 1.54) is 5.56 Å². The maximum atomic E-state index is 11.4. The van der Waals surface area contributed by atoms with Crippen LogP contribution in [0.4, 0.5) is 5.69 Å². The lowest BCUT2D eigenvalue weighted by Gasteiger charge is -2.18. The van der Waals surface area contributed by atoms with Crippen molar-refractivity contribution in [2.45, 2.75) is 33.6 Å². The summed E-state index contributed by atoms with van der Waals surface area (Å²) in [6.45, 7) is 6.66. The second kappa shape index (κ2) is 6.20. The third kappa shape index (κ3) is 5.87. The Balaban J connectivity index is 2.59. The highest BCUT2D eigenvalue weighted by Gasteiger charge is 2.11. The van der Waals surface area contributed by atoms with Crippen LogP contribution in [0.1, 0.15) is 32.8 Å². The zero-order valence-corrected chi connectivity index (χ0v) is 12.3. The van der Waals surface area contributed by atoms with Crippen molar-refractivity contribution in [3.05, 3.63) is 29.8 Å². The molecule has 0 bridgehead atoms. The van der Waals surface area contributed by atoms with Crippen LogP contribution < -0.4 is 5.32 Å². The summed E-state index contributed by atoms with van der Waals surface area (Å²) in [4.78, 5) is 11.4. The molecule has 2 nitrogen and oxygen atoms in total. The lowest BCUT2D eigenvalue weighted by molar-refractivity contribution is -0.115. The fourth-order valence-corrected chi connectivity index (χ4v) is 1.99. The summed E-state index contributed by atoms with van der Waals surface area (Å²) >= 11 is 3.25. The van der Waals surface area contributed by atoms with Gasteiger partial charge in [-0.1, -0.05) is 48.8 Å². The molecule has 3 heteroatoms. The SMILES string of the molecule is CC(C)(C)Cc1ccc(NC(=O)CCBr)cc1. The first-order valence-corrected chi connectivity index (χ1v) is 6.97. The molecule has 0 aliphatic rings. The molecule has 1 N–H and O–H groups in total. The van der Waals surface area contributed by atoms with Crippen molar-refractivity contribution in [2.75, 3.05) is 10.6 Å². The summed E-state index contributed by atoms with van der Waals surface area (Å²) < 4.78 is 0. The number of halogens is 1. The van der Waals surface area contributed by atoms with Gasteiger partial charge in [0.2, 0.25) is 5.91 Å². The molecule has 94 valence electrons. The normalized spacial score (nSPS) is 11.3. The Morgan fingerprint density at radius 3 is 2.29 bits per heavy atom. The van der Waals surface area contributed by atoms with E-state index in [9.17, 15) is 4.79 Å². The smallest absolute Gasteiger partial charge is 0.225 e. The van der Waals surface area contributed by atoms with Gasteiger partial charge in [-0.25, -0.2) is 0 Å². The first-order chi connectivity index (χ1) is 7.90. The Kier molecular flexibility index (Phi) is 5.19. The molecule has 1 aromatic rings. The van der Waals surface area contributed by atoms with E-state index in [2.05, 4.69) is 54.2 Å². The van der Waals surface area contributed by atoms with Gasteiger partial charge in [-0.3, -0.25) is 4.79 Å². The van der Waals surface area contributed by atoms with E-state index in [4.69, 9.17) is 0 Å². The van der Waals surface area contributed by atoms with E-state index >= 15 is 0 Å². The number of anilines is 1. The molecule has 0 atom stereocenters. The molecule has 0 unspecified atom stereocenters.